The monoisotopic (exact) mass is 189 g/mol. The number of carbonyl (C=O) groups is 1. The summed E-state index contributed by atoms with van der Waals surface area (Å²) in [6, 6.07) is 2.50. The number of nitrogens with zero attached hydrogens (tertiary/aromatic N) is 1. The summed E-state index contributed by atoms with van der Waals surface area (Å²) in [7, 11) is 0. The highest BCUT2D eigenvalue weighted by Crippen LogP contribution is 2.19. The minimum atomic E-state index is -4.25. The van der Waals surface area contributed by atoms with Gasteiger partial charge >= 0.3 is 6.18 Å². The molecule has 0 fully saturated rings. The fourth-order valence-electron chi connectivity index (χ4n) is 0.816. The van der Waals surface area contributed by atoms with Gasteiger partial charge in [-0.1, -0.05) is 0 Å². The molecule has 13 heavy (non-hydrogen) atoms. The maximum absolute atomic E-state index is 11.8. The normalized spacial score (nSPS) is 11.3. The molecule has 0 saturated carbocycles. The van der Waals surface area contributed by atoms with Crippen LogP contribution in [0.5, 0.6) is 0 Å². The fraction of sp³-hybridized carbons (Fsp3) is 0.250. The molecule has 0 aliphatic heterocycles. The molecule has 1 rings (SSSR count). The number of rotatable bonds is 2. The van der Waals surface area contributed by atoms with Crippen molar-refractivity contribution in [1.29, 1.82) is 0 Å². The van der Waals surface area contributed by atoms with Crippen LogP contribution in [0.25, 0.3) is 0 Å². The molecule has 2 nitrogen and oxygen atoms in total. The van der Waals surface area contributed by atoms with Crippen molar-refractivity contribution in [2.45, 2.75) is 12.6 Å². The van der Waals surface area contributed by atoms with Gasteiger partial charge in [-0.25, -0.2) is 0 Å². The third-order valence-electron chi connectivity index (χ3n) is 1.37. The molecule has 0 spiro atoms. The van der Waals surface area contributed by atoms with E-state index in [2.05, 4.69) is 4.98 Å². The van der Waals surface area contributed by atoms with Crippen LogP contribution in [0.15, 0.2) is 18.3 Å². The molecular formula is C8H6F3NO. The third-order valence-corrected chi connectivity index (χ3v) is 1.37. The van der Waals surface area contributed by atoms with Crippen molar-refractivity contribution in [3.63, 3.8) is 0 Å². The van der Waals surface area contributed by atoms with Gasteiger partial charge in [0.2, 0.25) is 0 Å². The lowest BCUT2D eigenvalue weighted by atomic mass is 10.2. The Kier molecular flexibility index (Phi) is 2.65. The van der Waals surface area contributed by atoms with Crippen molar-refractivity contribution in [2.75, 3.05) is 0 Å². The minimum Gasteiger partial charge on any atom is -0.298 e. The van der Waals surface area contributed by atoms with Gasteiger partial charge in [0.15, 0.2) is 6.29 Å². The first kappa shape index (κ1) is 9.70. The van der Waals surface area contributed by atoms with E-state index in [1.54, 1.807) is 0 Å². The molecule has 5 heteroatoms. The molecule has 0 radical (unpaired) electrons. The number of alkyl halides is 3. The second-order valence-electron chi connectivity index (χ2n) is 2.49. The number of pyridine rings is 1. The zero-order chi connectivity index (χ0) is 9.90. The summed E-state index contributed by atoms with van der Waals surface area (Å²) in [5, 5.41) is 0. The third kappa shape index (κ3) is 3.23. The van der Waals surface area contributed by atoms with Gasteiger partial charge in [0.05, 0.1) is 6.42 Å². The molecule has 0 amide bonds. The molecule has 0 bridgehead atoms. The van der Waals surface area contributed by atoms with Gasteiger partial charge in [-0.05, 0) is 12.1 Å². The smallest absolute Gasteiger partial charge is 0.298 e. The second kappa shape index (κ2) is 3.55. The first-order chi connectivity index (χ1) is 6.01. The number of carbonyl (C=O) groups excluding carboxylic acids is 1. The zero-order valence-electron chi connectivity index (χ0n) is 6.51. The number of hydrogen-bond acceptors (Lipinski definition) is 2. The molecule has 0 aromatic carbocycles. The summed E-state index contributed by atoms with van der Waals surface area (Å²) in [6.07, 6.45) is -3.67. The van der Waals surface area contributed by atoms with Gasteiger partial charge in [-0.2, -0.15) is 13.2 Å². The van der Waals surface area contributed by atoms with Crippen LogP contribution in [0, 0.1) is 0 Å². The molecular weight excluding hydrogens is 183 g/mol. The molecule has 1 aromatic rings. The second-order valence-corrected chi connectivity index (χ2v) is 2.49. The van der Waals surface area contributed by atoms with Crippen LogP contribution in [0.4, 0.5) is 13.2 Å². The van der Waals surface area contributed by atoms with Crippen LogP contribution in [0.1, 0.15) is 16.1 Å². The van der Waals surface area contributed by atoms with Gasteiger partial charge in [-0.3, -0.25) is 9.78 Å². The van der Waals surface area contributed by atoms with Crippen molar-refractivity contribution < 1.29 is 18.0 Å². The topological polar surface area (TPSA) is 30.0 Å². The number of halogens is 3. The molecule has 70 valence electrons. The summed E-state index contributed by atoms with van der Waals surface area (Å²) in [5.74, 6) is 0. The largest absolute Gasteiger partial charge is 0.394 e. The van der Waals surface area contributed by atoms with E-state index in [0.29, 0.717) is 6.29 Å². The highest BCUT2D eigenvalue weighted by atomic mass is 19.4. The van der Waals surface area contributed by atoms with Crippen molar-refractivity contribution in [2.24, 2.45) is 0 Å². The quantitative estimate of drug-likeness (QED) is 0.666. The van der Waals surface area contributed by atoms with E-state index in [1.807, 2.05) is 0 Å². The summed E-state index contributed by atoms with van der Waals surface area (Å²) < 4.78 is 35.4. The van der Waals surface area contributed by atoms with E-state index in [0.717, 1.165) is 6.20 Å². The summed E-state index contributed by atoms with van der Waals surface area (Å²) in [5.41, 5.74) is 0.184. The van der Waals surface area contributed by atoms with E-state index in [4.69, 9.17) is 0 Å². The maximum atomic E-state index is 11.8. The van der Waals surface area contributed by atoms with Crippen LogP contribution in [-0.2, 0) is 6.42 Å². The zero-order valence-corrected chi connectivity index (χ0v) is 6.51. The van der Waals surface area contributed by atoms with Crippen molar-refractivity contribution in [3.05, 3.63) is 29.6 Å². The first-order valence-electron chi connectivity index (χ1n) is 3.48. The molecule has 0 aliphatic rings. The van der Waals surface area contributed by atoms with Crippen molar-refractivity contribution in [3.8, 4) is 0 Å². The average molecular weight is 189 g/mol. The van der Waals surface area contributed by atoms with Crippen LogP contribution in [-0.4, -0.2) is 17.4 Å². The van der Waals surface area contributed by atoms with Gasteiger partial charge < -0.3 is 0 Å². The molecule has 1 heterocycles. The van der Waals surface area contributed by atoms with Crippen LogP contribution in [0.3, 0.4) is 0 Å². The molecule has 0 unspecified atom stereocenters. The Labute approximate surface area is 72.4 Å². The predicted molar refractivity (Wildman–Crippen MR) is 39.4 cm³/mol. The summed E-state index contributed by atoms with van der Waals surface area (Å²) in [4.78, 5) is 13.6. The van der Waals surface area contributed by atoms with E-state index >= 15 is 0 Å². The molecule has 0 saturated heterocycles. The number of aldehydes is 1. The Morgan fingerprint density at radius 2 is 2.08 bits per heavy atom. The first-order valence-corrected chi connectivity index (χ1v) is 3.48. The van der Waals surface area contributed by atoms with Crippen LogP contribution < -0.4 is 0 Å². The Balaban J connectivity index is 2.75. The highest BCUT2D eigenvalue weighted by Gasteiger charge is 2.28. The predicted octanol–water partition coefficient (Wildman–Crippen LogP) is 2.00. The number of aromatic nitrogens is 1. The van der Waals surface area contributed by atoms with Crippen LogP contribution in [0.2, 0.25) is 0 Å². The van der Waals surface area contributed by atoms with Gasteiger partial charge in [0.1, 0.15) is 0 Å². The Bertz CT molecular complexity index is 291. The number of hydrogen-bond donors (Lipinski definition) is 0. The van der Waals surface area contributed by atoms with Crippen LogP contribution >= 0.6 is 0 Å². The molecule has 0 N–H and O–H groups in total. The van der Waals surface area contributed by atoms with Gasteiger partial charge in [0, 0.05) is 17.5 Å². The highest BCUT2D eigenvalue weighted by molar-refractivity contribution is 5.73. The van der Waals surface area contributed by atoms with E-state index in [1.165, 1.54) is 12.1 Å². The lowest BCUT2D eigenvalue weighted by molar-refractivity contribution is -0.127. The minimum absolute atomic E-state index is 0.0851. The Morgan fingerprint density at radius 3 is 2.46 bits per heavy atom. The lowest BCUT2D eigenvalue weighted by Crippen LogP contribution is -2.12. The van der Waals surface area contributed by atoms with Crippen molar-refractivity contribution in [1.82, 2.24) is 4.98 Å². The Hall–Kier alpha value is -1.39. The maximum Gasteiger partial charge on any atom is 0.394 e. The van der Waals surface area contributed by atoms with E-state index < -0.39 is 12.6 Å². The summed E-state index contributed by atoms with van der Waals surface area (Å²) >= 11 is 0. The molecule has 0 aliphatic carbocycles. The molecule has 1 aromatic heterocycles. The lowest BCUT2D eigenvalue weighted by Gasteiger charge is -2.04. The van der Waals surface area contributed by atoms with E-state index in [-0.39, 0.29) is 11.3 Å². The standard InChI is InChI=1S/C8H6F3NO/c9-8(10,11)3-7-2-1-6(5-13)4-12-7/h1-2,4-5H,3H2. The van der Waals surface area contributed by atoms with Gasteiger partial charge in [-0.15, -0.1) is 0 Å². The van der Waals surface area contributed by atoms with Crippen molar-refractivity contribution >= 4 is 6.29 Å². The van der Waals surface area contributed by atoms with Gasteiger partial charge in [0.25, 0.3) is 0 Å². The molecule has 0 atom stereocenters. The fourth-order valence-corrected chi connectivity index (χ4v) is 0.816. The Morgan fingerprint density at radius 1 is 1.38 bits per heavy atom. The SMILES string of the molecule is O=Cc1ccc(CC(F)(F)F)nc1. The summed E-state index contributed by atoms with van der Waals surface area (Å²) in [6.45, 7) is 0. The van der Waals surface area contributed by atoms with E-state index in [9.17, 15) is 18.0 Å². The average Bonchev–Trinajstić information content (AvgIpc) is 2.03.